The molecule has 0 amide bonds. The third kappa shape index (κ3) is 5.69. The Morgan fingerprint density at radius 3 is 2.43 bits per heavy atom. The Kier molecular flexibility index (Phi) is 7.67. The number of ketones is 1. The standard InChI is InChI=1S/C36H29F2N5O4/c1-21-12-25(24-6-2-23(20-44)3-7-24)15-29(13-21)42-34-30(16-27(38)17-39-34)35(46)43(36(42)47)28-9-4-22(5-10-28)14-32(45)31-19-41-18-26(37)8-11-33(41)40-31/h2-3,6-8,11-13,15-20,22,28H,4-5,9-10,14H2,1H3. The van der Waals surface area contributed by atoms with Crippen LogP contribution in [0.4, 0.5) is 8.78 Å². The van der Waals surface area contributed by atoms with Crippen LogP contribution in [0.15, 0.2) is 88.8 Å². The first-order valence-electron chi connectivity index (χ1n) is 15.4. The summed E-state index contributed by atoms with van der Waals surface area (Å²) in [6, 6.07) is 16.1. The van der Waals surface area contributed by atoms with Crippen molar-refractivity contribution in [3.8, 4) is 16.8 Å². The summed E-state index contributed by atoms with van der Waals surface area (Å²) in [5, 5.41) is -0.0106. The number of fused-ring (bicyclic) bond motifs is 2. The van der Waals surface area contributed by atoms with Crippen molar-refractivity contribution >= 4 is 28.7 Å². The molecule has 2 aromatic carbocycles. The summed E-state index contributed by atoms with van der Waals surface area (Å²) in [5.41, 5.74) is 3.07. The molecule has 1 fully saturated rings. The van der Waals surface area contributed by atoms with Crippen LogP contribution in [0.5, 0.6) is 0 Å². The molecule has 1 aliphatic carbocycles. The van der Waals surface area contributed by atoms with Crippen LogP contribution in [0.25, 0.3) is 33.5 Å². The molecule has 236 valence electrons. The summed E-state index contributed by atoms with van der Waals surface area (Å²) in [5.74, 6) is -1.26. The fourth-order valence-electron chi connectivity index (χ4n) is 6.62. The molecule has 0 N–H and O–H groups in total. The van der Waals surface area contributed by atoms with Crippen molar-refractivity contribution in [3.05, 3.63) is 129 Å². The summed E-state index contributed by atoms with van der Waals surface area (Å²) in [6.45, 7) is 1.89. The maximum atomic E-state index is 14.5. The summed E-state index contributed by atoms with van der Waals surface area (Å²) in [6.07, 6.45) is 6.91. The third-order valence-corrected chi connectivity index (χ3v) is 8.95. The highest BCUT2D eigenvalue weighted by Crippen LogP contribution is 2.34. The van der Waals surface area contributed by atoms with Crippen LogP contribution in [0, 0.1) is 24.5 Å². The number of carbonyl (C=O) groups excluding carboxylic acids is 2. The molecule has 1 saturated carbocycles. The molecule has 0 unspecified atom stereocenters. The van der Waals surface area contributed by atoms with Gasteiger partial charge in [0.15, 0.2) is 11.4 Å². The Morgan fingerprint density at radius 2 is 1.68 bits per heavy atom. The molecule has 9 nitrogen and oxygen atoms in total. The van der Waals surface area contributed by atoms with Crippen LogP contribution in [0.2, 0.25) is 0 Å². The second-order valence-electron chi connectivity index (χ2n) is 12.2. The van der Waals surface area contributed by atoms with E-state index in [0.29, 0.717) is 42.6 Å². The van der Waals surface area contributed by atoms with Crippen molar-refractivity contribution in [3.63, 3.8) is 0 Å². The molecule has 0 saturated heterocycles. The third-order valence-electron chi connectivity index (χ3n) is 8.95. The van der Waals surface area contributed by atoms with Gasteiger partial charge in [-0.25, -0.2) is 28.1 Å². The molecule has 0 bridgehead atoms. The van der Waals surface area contributed by atoms with E-state index in [4.69, 9.17) is 0 Å². The first-order chi connectivity index (χ1) is 22.7. The SMILES string of the molecule is Cc1cc(-c2ccc(C=O)cc2)cc(-n2c(=O)n(C3CCC(CC(=O)c4cn5cc(F)ccc5n4)CC3)c(=O)c3cc(F)cnc32)c1. The maximum absolute atomic E-state index is 14.5. The van der Waals surface area contributed by atoms with E-state index >= 15 is 0 Å². The number of carbonyl (C=O) groups is 2. The van der Waals surface area contributed by atoms with Gasteiger partial charge in [-0.1, -0.05) is 30.3 Å². The largest absolute Gasteiger partial charge is 0.337 e. The Morgan fingerprint density at radius 1 is 0.915 bits per heavy atom. The Bertz CT molecular complexity index is 2320. The molecule has 0 radical (unpaired) electrons. The maximum Gasteiger partial charge on any atom is 0.337 e. The number of rotatable bonds is 7. The zero-order chi connectivity index (χ0) is 32.8. The van der Waals surface area contributed by atoms with Gasteiger partial charge in [0, 0.05) is 30.4 Å². The number of hydrogen-bond donors (Lipinski definition) is 0. The molecule has 6 aromatic rings. The molecular weight excluding hydrogens is 604 g/mol. The van der Waals surface area contributed by atoms with E-state index in [9.17, 15) is 28.0 Å². The smallest absolute Gasteiger partial charge is 0.303 e. The number of pyridine rings is 2. The van der Waals surface area contributed by atoms with Gasteiger partial charge >= 0.3 is 5.69 Å². The Balaban J connectivity index is 1.21. The lowest BCUT2D eigenvalue weighted by Gasteiger charge is -2.29. The van der Waals surface area contributed by atoms with Crippen molar-refractivity contribution in [2.24, 2.45) is 5.92 Å². The van der Waals surface area contributed by atoms with Crippen molar-refractivity contribution in [1.82, 2.24) is 23.5 Å². The van der Waals surface area contributed by atoms with Crippen molar-refractivity contribution in [2.45, 2.75) is 45.1 Å². The van der Waals surface area contributed by atoms with Crippen molar-refractivity contribution in [2.75, 3.05) is 0 Å². The molecule has 7 rings (SSSR count). The minimum Gasteiger partial charge on any atom is -0.303 e. The molecule has 1 aliphatic rings. The number of imidazole rings is 1. The van der Waals surface area contributed by atoms with E-state index in [1.165, 1.54) is 38.1 Å². The highest BCUT2D eigenvalue weighted by Gasteiger charge is 2.29. The van der Waals surface area contributed by atoms with Gasteiger partial charge in [-0.3, -0.25) is 19.0 Å². The summed E-state index contributed by atoms with van der Waals surface area (Å²) in [7, 11) is 0. The highest BCUT2D eigenvalue weighted by molar-refractivity contribution is 5.95. The van der Waals surface area contributed by atoms with Crippen LogP contribution in [0.3, 0.4) is 0 Å². The van der Waals surface area contributed by atoms with Crippen molar-refractivity contribution < 1.29 is 18.4 Å². The van der Waals surface area contributed by atoms with Crippen LogP contribution in [-0.2, 0) is 0 Å². The van der Waals surface area contributed by atoms with E-state index in [-0.39, 0.29) is 34.8 Å². The predicted octanol–water partition coefficient (Wildman–Crippen LogP) is 6.27. The normalized spacial score (nSPS) is 16.5. The van der Waals surface area contributed by atoms with E-state index < -0.39 is 28.9 Å². The molecule has 11 heteroatoms. The van der Waals surface area contributed by atoms with Crippen molar-refractivity contribution in [1.29, 1.82) is 0 Å². The van der Waals surface area contributed by atoms with Gasteiger partial charge in [0.1, 0.15) is 29.3 Å². The van der Waals surface area contributed by atoms with Crippen LogP contribution >= 0.6 is 0 Å². The summed E-state index contributed by atoms with van der Waals surface area (Å²) in [4.78, 5) is 60.8. The number of benzene rings is 2. The fourth-order valence-corrected chi connectivity index (χ4v) is 6.62. The van der Waals surface area contributed by atoms with Gasteiger partial charge in [0.25, 0.3) is 5.56 Å². The number of halogens is 2. The monoisotopic (exact) mass is 633 g/mol. The van der Waals surface area contributed by atoms with E-state index in [1.807, 2.05) is 25.1 Å². The zero-order valence-corrected chi connectivity index (χ0v) is 25.4. The number of aromatic nitrogens is 5. The molecule has 0 aliphatic heterocycles. The minimum atomic E-state index is -0.691. The van der Waals surface area contributed by atoms with Crippen LogP contribution in [0.1, 0.15) is 64.6 Å². The second kappa shape index (κ2) is 12.0. The van der Waals surface area contributed by atoms with E-state index in [2.05, 4.69) is 9.97 Å². The minimum absolute atomic E-state index is 0.0106. The number of hydrogen-bond acceptors (Lipinski definition) is 6. The molecule has 47 heavy (non-hydrogen) atoms. The molecule has 0 spiro atoms. The highest BCUT2D eigenvalue weighted by atomic mass is 19.1. The number of Topliss-reactive ketones (excluding diaryl/α,β-unsaturated/α-hetero) is 1. The molecule has 0 atom stereocenters. The summed E-state index contributed by atoms with van der Waals surface area (Å²) >= 11 is 0. The van der Waals surface area contributed by atoms with Crippen LogP contribution in [-0.4, -0.2) is 35.6 Å². The lowest BCUT2D eigenvalue weighted by atomic mass is 9.82. The zero-order valence-electron chi connectivity index (χ0n) is 25.4. The molecular formula is C36H29F2N5O4. The number of nitrogens with zero attached hydrogens (tertiary/aromatic N) is 5. The predicted molar refractivity (Wildman–Crippen MR) is 172 cm³/mol. The Hall–Kier alpha value is -5.58. The second-order valence-corrected chi connectivity index (χ2v) is 12.2. The first-order valence-corrected chi connectivity index (χ1v) is 15.4. The van der Waals surface area contributed by atoms with Crippen LogP contribution < -0.4 is 11.2 Å². The van der Waals surface area contributed by atoms with Gasteiger partial charge in [0.2, 0.25) is 0 Å². The number of aldehydes is 1. The average Bonchev–Trinajstić information content (AvgIpc) is 3.49. The Labute approximate surface area is 266 Å². The fraction of sp³-hybridized carbons (Fsp3) is 0.222. The number of aryl methyl sites for hydroxylation is 1. The van der Waals surface area contributed by atoms with Gasteiger partial charge in [-0.15, -0.1) is 0 Å². The van der Waals surface area contributed by atoms with Gasteiger partial charge in [0.05, 0.1) is 17.3 Å². The van der Waals surface area contributed by atoms with Gasteiger partial charge < -0.3 is 4.40 Å². The van der Waals surface area contributed by atoms with E-state index in [1.54, 1.807) is 24.3 Å². The quantitative estimate of drug-likeness (QED) is 0.152. The van der Waals surface area contributed by atoms with Gasteiger partial charge in [-0.05, 0) is 85.5 Å². The lowest BCUT2D eigenvalue weighted by molar-refractivity contribution is 0.0938. The lowest BCUT2D eigenvalue weighted by Crippen LogP contribution is -2.43. The van der Waals surface area contributed by atoms with E-state index in [0.717, 1.165) is 35.2 Å². The topological polar surface area (TPSA) is 108 Å². The van der Waals surface area contributed by atoms with Gasteiger partial charge in [-0.2, -0.15) is 0 Å². The molecule has 4 aromatic heterocycles. The summed E-state index contributed by atoms with van der Waals surface area (Å²) < 4.78 is 32.1. The average molecular weight is 634 g/mol. The molecule has 4 heterocycles. The first kappa shape index (κ1) is 30.1.